The highest BCUT2D eigenvalue weighted by atomic mass is 16.3. The van der Waals surface area contributed by atoms with E-state index in [-0.39, 0.29) is 6.61 Å². The maximum atomic E-state index is 9.47. The van der Waals surface area contributed by atoms with Gasteiger partial charge < -0.3 is 15.4 Å². The largest absolute Gasteiger partial charge is 0.390 e. The fraction of sp³-hybridized carbons (Fsp3) is 0.125. The third kappa shape index (κ3) is 2.20. The van der Waals surface area contributed by atoms with Gasteiger partial charge in [0.25, 0.3) is 0 Å². The van der Waals surface area contributed by atoms with Crippen LogP contribution < -0.4 is 5.32 Å². The Morgan fingerprint density at radius 1 is 1.05 bits per heavy atom. The van der Waals surface area contributed by atoms with Crippen molar-refractivity contribution in [3.05, 3.63) is 59.8 Å². The van der Waals surface area contributed by atoms with Crippen LogP contribution in [0.1, 0.15) is 11.3 Å². The zero-order chi connectivity index (χ0) is 13.2. The normalized spacial score (nSPS) is 10.8. The molecule has 0 aliphatic carbocycles. The summed E-state index contributed by atoms with van der Waals surface area (Å²) in [6, 6.07) is 16.2. The summed E-state index contributed by atoms with van der Waals surface area (Å²) in [6.45, 7) is 2.05. The van der Waals surface area contributed by atoms with Crippen LogP contribution in [0.25, 0.3) is 10.9 Å². The number of hydrogen-bond acceptors (Lipinski definition) is 2. The van der Waals surface area contributed by atoms with Gasteiger partial charge in [-0.25, -0.2) is 0 Å². The van der Waals surface area contributed by atoms with Crippen molar-refractivity contribution in [2.24, 2.45) is 0 Å². The van der Waals surface area contributed by atoms with E-state index >= 15 is 0 Å². The fourth-order valence-electron chi connectivity index (χ4n) is 2.24. The zero-order valence-corrected chi connectivity index (χ0v) is 10.8. The van der Waals surface area contributed by atoms with Crippen LogP contribution in [-0.4, -0.2) is 10.1 Å². The summed E-state index contributed by atoms with van der Waals surface area (Å²) >= 11 is 0. The van der Waals surface area contributed by atoms with E-state index in [9.17, 15) is 5.11 Å². The molecule has 96 valence electrons. The number of fused-ring (bicyclic) bond motifs is 1. The van der Waals surface area contributed by atoms with Crippen molar-refractivity contribution < 1.29 is 5.11 Å². The molecular formula is C16H16N2O. The third-order valence-electron chi connectivity index (χ3n) is 3.26. The minimum Gasteiger partial charge on any atom is -0.390 e. The van der Waals surface area contributed by atoms with E-state index in [0.717, 1.165) is 28.0 Å². The summed E-state index contributed by atoms with van der Waals surface area (Å²) in [5.41, 5.74) is 5.03. The number of rotatable bonds is 3. The van der Waals surface area contributed by atoms with E-state index in [2.05, 4.69) is 29.4 Å². The number of nitrogens with one attached hydrogen (secondary N) is 2. The number of aliphatic hydroxyl groups excluding tert-OH is 1. The minimum absolute atomic E-state index is 0.0110. The lowest BCUT2D eigenvalue weighted by Gasteiger charge is -2.07. The number of aromatic amines is 1. The first-order valence-electron chi connectivity index (χ1n) is 6.32. The molecule has 0 spiro atoms. The van der Waals surface area contributed by atoms with Crippen LogP contribution in [0.15, 0.2) is 48.5 Å². The van der Waals surface area contributed by atoms with Crippen molar-refractivity contribution in [3.63, 3.8) is 0 Å². The standard InChI is InChI=1S/C16H16N2O/c1-11-6-8-12(9-7-11)17-16-13-4-2-3-5-14(13)18-15(16)10-19/h2-9,17-19H,10H2,1H3. The van der Waals surface area contributed by atoms with Gasteiger partial charge in [-0.05, 0) is 25.1 Å². The molecule has 2 aromatic carbocycles. The molecule has 3 N–H and O–H groups in total. The number of benzene rings is 2. The van der Waals surface area contributed by atoms with Crippen molar-refractivity contribution in [1.29, 1.82) is 0 Å². The third-order valence-corrected chi connectivity index (χ3v) is 3.26. The number of aryl methyl sites for hydroxylation is 1. The quantitative estimate of drug-likeness (QED) is 0.665. The van der Waals surface area contributed by atoms with Crippen molar-refractivity contribution in [2.45, 2.75) is 13.5 Å². The minimum atomic E-state index is -0.0110. The molecule has 3 rings (SSSR count). The van der Waals surface area contributed by atoms with Gasteiger partial charge in [-0.15, -0.1) is 0 Å². The van der Waals surface area contributed by atoms with Gasteiger partial charge in [-0.3, -0.25) is 0 Å². The van der Waals surface area contributed by atoms with Crippen LogP contribution in [-0.2, 0) is 6.61 Å². The Morgan fingerprint density at radius 2 is 1.79 bits per heavy atom. The molecule has 1 heterocycles. The summed E-state index contributed by atoms with van der Waals surface area (Å²) in [7, 11) is 0. The monoisotopic (exact) mass is 252 g/mol. The topological polar surface area (TPSA) is 48.0 Å². The van der Waals surface area contributed by atoms with Crippen LogP contribution >= 0.6 is 0 Å². The first kappa shape index (κ1) is 11.8. The average Bonchev–Trinajstić information content (AvgIpc) is 2.79. The smallest absolute Gasteiger partial charge is 0.0852 e. The molecule has 0 atom stereocenters. The molecule has 0 aliphatic heterocycles. The number of aromatic nitrogens is 1. The highest BCUT2D eigenvalue weighted by Crippen LogP contribution is 2.30. The van der Waals surface area contributed by atoms with Gasteiger partial charge in [-0.2, -0.15) is 0 Å². The summed E-state index contributed by atoms with van der Waals surface area (Å²) < 4.78 is 0. The lowest BCUT2D eigenvalue weighted by Crippen LogP contribution is -1.94. The van der Waals surface area contributed by atoms with Gasteiger partial charge in [0.05, 0.1) is 18.0 Å². The van der Waals surface area contributed by atoms with Gasteiger partial charge in [0.2, 0.25) is 0 Å². The number of hydrogen-bond donors (Lipinski definition) is 3. The van der Waals surface area contributed by atoms with E-state index in [0.29, 0.717) is 0 Å². The predicted molar refractivity (Wildman–Crippen MR) is 78.7 cm³/mol. The predicted octanol–water partition coefficient (Wildman–Crippen LogP) is 3.71. The molecule has 0 bridgehead atoms. The second-order valence-electron chi connectivity index (χ2n) is 4.67. The molecule has 3 heteroatoms. The molecule has 0 unspecified atom stereocenters. The van der Waals surface area contributed by atoms with Crippen LogP contribution in [0.5, 0.6) is 0 Å². The molecule has 3 aromatic rings. The fourth-order valence-corrected chi connectivity index (χ4v) is 2.24. The Kier molecular flexibility index (Phi) is 2.97. The second kappa shape index (κ2) is 4.78. The first-order chi connectivity index (χ1) is 9.28. The molecule has 0 fully saturated rings. The van der Waals surface area contributed by atoms with E-state index < -0.39 is 0 Å². The Morgan fingerprint density at radius 3 is 2.53 bits per heavy atom. The van der Waals surface area contributed by atoms with Crippen LogP contribution in [0.3, 0.4) is 0 Å². The maximum absolute atomic E-state index is 9.47. The molecule has 3 nitrogen and oxygen atoms in total. The van der Waals surface area contributed by atoms with Crippen molar-refractivity contribution in [1.82, 2.24) is 4.98 Å². The average molecular weight is 252 g/mol. The summed E-state index contributed by atoms with van der Waals surface area (Å²) in [5.74, 6) is 0. The van der Waals surface area contributed by atoms with Crippen molar-refractivity contribution >= 4 is 22.3 Å². The van der Waals surface area contributed by atoms with Gasteiger partial charge in [-0.1, -0.05) is 35.9 Å². The molecule has 19 heavy (non-hydrogen) atoms. The second-order valence-corrected chi connectivity index (χ2v) is 4.67. The highest BCUT2D eigenvalue weighted by molar-refractivity contribution is 5.96. The van der Waals surface area contributed by atoms with Crippen molar-refractivity contribution in [2.75, 3.05) is 5.32 Å². The summed E-state index contributed by atoms with van der Waals surface area (Å²) in [5, 5.41) is 13.9. The van der Waals surface area contributed by atoms with Crippen molar-refractivity contribution in [3.8, 4) is 0 Å². The molecule has 0 amide bonds. The number of aliphatic hydroxyl groups is 1. The van der Waals surface area contributed by atoms with Gasteiger partial charge in [0.15, 0.2) is 0 Å². The first-order valence-corrected chi connectivity index (χ1v) is 6.32. The molecule has 0 saturated heterocycles. The number of anilines is 2. The van der Waals surface area contributed by atoms with Gasteiger partial charge >= 0.3 is 0 Å². The molecule has 0 saturated carbocycles. The summed E-state index contributed by atoms with van der Waals surface area (Å²) in [6.07, 6.45) is 0. The van der Waals surface area contributed by atoms with Crippen LogP contribution in [0.4, 0.5) is 11.4 Å². The zero-order valence-electron chi connectivity index (χ0n) is 10.8. The highest BCUT2D eigenvalue weighted by Gasteiger charge is 2.10. The number of H-pyrrole nitrogens is 1. The Hall–Kier alpha value is -2.26. The number of para-hydroxylation sites is 1. The van der Waals surface area contributed by atoms with Gasteiger partial charge in [0.1, 0.15) is 0 Å². The van der Waals surface area contributed by atoms with E-state index in [1.165, 1.54) is 5.56 Å². The van der Waals surface area contributed by atoms with Gasteiger partial charge in [0, 0.05) is 16.6 Å². The van der Waals surface area contributed by atoms with E-state index in [1.807, 2.05) is 36.4 Å². The molecule has 0 radical (unpaired) electrons. The Labute approximate surface area is 111 Å². The Balaban J connectivity index is 2.06. The van der Waals surface area contributed by atoms with E-state index in [1.54, 1.807) is 0 Å². The Bertz CT molecular complexity index is 698. The molecule has 1 aromatic heterocycles. The maximum Gasteiger partial charge on any atom is 0.0852 e. The SMILES string of the molecule is Cc1ccc(Nc2c(CO)[nH]c3ccccc23)cc1. The van der Waals surface area contributed by atoms with E-state index in [4.69, 9.17) is 0 Å². The molecular weight excluding hydrogens is 236 g/mol. The van der Waals surface area contributed by atoms with Crippen LogP contribution in [0.2, 0.25) is 0 Å². The lowest BCUT2D eigenvalue weighted by atomic mass is 10.2. The van der Waals surface area contributed by atoms with Crippen LogP contribution in [0, 0.1) is 6.92 Å². The summed E-state index contributed by atoms with van der Waals surface area (Å²) in [4.78, 5) is 3.23. The lowest BCUT2D eigenvalue weighted by molar-refractivity contribution is 0.278. The molecule has 0 aliphatic rings.